The Morgan fingerprint density at radius 2 is 2.07 bits per heavy atom. The van der Waals surface area contributed by atoms with Crippen LogP contribution in [0.2, 0.25) is 0 Å². The number of nitrogens with zero attached hydrogens (tertiary/aromatic N) is 2. The SMILES string of the molecule is COC(=O)CN(c1ccncc1)C(C)C. The van der Waals surface area contributed by atoms with Crippen molar-refractivity contribution in [1.82, 2.24) is 4.98 Å². The van der Waals surface area contributed by atoms with Crippen molar-refractivity contribution in [3.63, 3.8) is 0 Å². The summed E-state index contributed by atoms with van der Waals surface area (Å²) >= 11 is 0. The van der Waals surface area contributed by atoms with E-state index in [4.69, 9.17) is 0 Å². The third kappa shape index (κ3) is 3.23. The van der Waals surface area contributed by atoms with Gasteiger partial charge in [0.25, 0.3) is 0 Å². The summed E-state index contributed by atoms with van der Waals surface area (Å²) in [4.78, 5) is 17.1. The minimum absolute atomic E-state index is 0.236. The quantitative estimate of drug-likeness (QED) is 0.703. The number of hydrogen-bond donors (Lipinski definition) is 0. The van der Waals surface area contributed by atoms with Crippen molar-refractivity contribution in [2.24, 2.45) is 0 Å². The fourth-order valence-electron chi connectivity index (χ4n) is 1.31. The highest BCUT2D eigenvalue weighted by Crippen LogP contribution is 2.14. The van der Waals surface area contributed by atoms with Crippen LogP contribution >= 0.6 is 0 Å². The minimum atomic E-state index is -0.236. The van der Waals surface area contributed by atoms with E-state index in [1.54, 1.807) is 12.4 Å². The van der Waals surface area contributed by atoms with Crippen molar-refractivity contribution in [1.29, 1.82) is 0 Å². The van der Waals surface area contributed by atoms with Crippen LogP contribution in [0, 0.1) is 0 Å². The first kappa shape index (κ1) is 11.5. The Balaban J connectivity index is 2.79. The van der Waals surface area contributed by atoms with E-state index in [-0.39, 0.29) is 18.6 Å². The fourth-order valence-corrected chi connectivity index (χ4v) is 1.31. The van der Waals surface area contributed by atoms with E-state index in [1.807, 2.05) is 30.9 Å². The molecule has 15 heavy (non-hydrogen) atoms. The number of rotatable bonds is 4. The number of carbonyl (C=O) groups excluding carboxylic acids is 1. The van der Waals surface area contributed by atoms with Gasteiger partial charge in [-0.15, -0.1) is 0 Å². The molecule has 0 amide bonds. The van der Waals surface area contributed by atoms with Gasteiger partial charge in [-0.3, -0.25) is 9.78 Å². The highest BCUT2D eigenvalue weighted by atomic mass is 16.5. The van der Waals surface area contributed by atoms with Gasteiger partial charge in [-0.1, -0.05) is 0 Å². The van der Waals surface area contributed by atoms with Crippen LogP contribution in [-0.2, 0) is 9.53 Å². The Labute approximate surface area is 89.9 Å². The Morgan fingerprint density at radius 3 is 2.53 bits per heavy atom. The molecular formula is C11H16N2O2. The molecule has 1 rings (SSSR count). The van der Waals surface area contributed by atoms with E-state index in [2.05, 4.69) is 9.72 Å². The maximum absolute atomic E-state index is 11.2. The first-order valence-electron chi connectivity index (χ1n) is 4.88. The van der Waals surface area contributed by atoms with Crippen LogP contribution in [-0.4, -0.2) is 30.6 Å². The second-order valence-electron chi connectivity index (χ2n) is 3.50. The molecule has 0 aliphatic rings. The van der Waals surface area contributed by atoms with Crippen molar-refractivity contribution in [3.05, 3.63) is 24.5 Å². The topological polar surface area (TPSA) is 42.4 Å². The lowest BCUT2D eigenvalue weighted by Gasteiger charge is -2.27. The first-order valence-corrected chi connectivity index (χ1v) is 4.88. The number of anilines is 1. The molecule has 1 aromatic heterocycles. The molecule has 0 aliphatic carbocycles. The number of pyridine rings is 1. The monoisotopic (exact) mass is 208 g/mol. The summed E-state index contributed by atoms with van der Waals surface area (Å²) in [6, 6.07) is 4.00. The van der Waals surface area contributed by atoms with E-state index in [0.717, 1.165) is 5.69 Å². The summed E-state index contributed by atoms with van der Waals surface area (Å²) in [5.74, 6) is -0.236. The third-order valence-corrected chi connectivity index (χ3v) is 2.14. The maximum Gasteiger partial charge on any atom is 0.325 e. The molecule has 0 unspecified atom stereocenters. The fraction of sp³-hybridized carbons (Fsp3) is 0.455. The first-order chi connectivity index (χ1) is 7.15. The van der Waals surface area contributed by atoms with Crippen molar-refractivity contribution < 1.29 is 9.53 Å². The molecule has 4 nitrogen and oxygen atoms in total. The van der Waals surface area contributed by atoms with Gasteiger partial charge in [0.05, 0.1) is 7.11 Å². The lowest BCUT2D eigenvalue weighted by molar-refractivity contribution is -0.139. The van der Waals surface area contributed by atoms with E-state index in [0.29, 0.717) is 0 Å². The van der Waals surface area contributed by atoms with Gasteiger partial charge in [-0.05, 0) is 26.0 Å². The largest absolute Gasteiger partial charge is 0.468 e. The lowest BCUT2D eigenvalue weighted by atomic mass is 10.2. The molecule has 1 aromatic rings. The highest BCUT2D eigenvalue weighted by molar-refractivity contribution is 5.75. The second-order valence-corrected chi connectivity index (χ2v) is 3.50. The molecule has 0 radical (unpaired) electrons. The molecular weight excluding hydrogens is 192 g/mol. The van der Waals surface area contributed by atoms with Crippen LogP contribution in [0.1, 0.15) is 13.8 Å². The Hall–Kier alpha value is -1.58. The van der Waals surface area contributed by atoms with Crippen LogP contribution in [0.15, 0.2) is 24.5 Å². The van der Waals surface area contributed by atoms with Crippen LogP contribution < -0.4 is 4.90 Å². The van der Waals surface area contributed by atoms with Gasteiger partial charge >= 0.3 is 5.97 Å². The smallest absolute Gasteiger partial charge is 0.325 e. The Bertz CT molecular complexity index is 312. The molecule has 0 bridgehead atoms. The summed E-state index contributed by atoms with van der Waals surface area (Å²) in [5, 5.41) is 0. The van der Waals surface area contributed by atoms with Gasteiger partial charge < -0.3 is 9.64 Å². The number of methoxy groups -OCH3 is 1. The van der Waals surface area contributed by atoms with Crippen molar-refractivity contribution >= 4 is 11.7 Å². The van der Waals surface area contributed by atoms with Crippen LogP contribution in [0.3, 0.4) is 0 Å². The Kier molecular flexibility index (Phi) is 4.09. The zero-order valence-corrected chi connectivity index (χ0v) is 9.30. The highest BCUT2D eigenvalue weighted by Gasteiger charge is 2.14. The summed E-state index contributed by atoms with van der Waals surface area (Å²) < 4.78 is 4.66. The average molecular weight is 208 g/mol. The summed E-state index contributed by atoms with van der Waals surface area (Å²) in [6.45, 7) is 4.32. The predicted molar refractivity (Wildman–Crippen MR) is 58.7 cm³/mol. The van der Waals surface area contributed by atoms with Gasteiger partial charge in [0.1, 0.15) is 6.54 Å². The van der Waals surface area contributed by atoms with E-state index in [9.17, 15) is 4.79 Å². The van der Waals surface area contributed by atoms with Gasteiger partial charge in [0.15, 0.2) is 0 Å². The third-order valence-electron chi connectivity index (χ3n) is 2.14. The molecule has 0 aromatic carbocycles. The average Bonchev–Trinajstić information content (AvgIpc) is 2.26. The standard InChI is InChI=1S/C11H16N2O2/c1-9(2)13(8-11(14)15-3)10-4-6-12-7-5-10/h4-7,9H,8H2,1-3H3. The van der Waals surface area contributed by atoms with Crippen LogP contribution in [0.4, 0.5) is 5.69 Å². The van der Waals surface area contributed by atoms with E-state index >= 15 is 0 Å². The molecule has 0 saturated heterocycles. The predicted octanol–water partition coefficient (Wildman–Crippen LogP) is 1.47. The number of ether oxygens (including phenoxy) is 1. The number of esters is 1. The molecule has 0 spiro atoms. The summed E-state index contributed by atoms with van der Waals surface area (Å²) in [7, 11) is 1.40. The van der Waals surface area contributed by atoms with Gasteiger partial charge in [-0.2, -0.15) is 0 Å². The molecule has 0 atom stereocenters. The molecule has 0 fully saturated rings. The van der Waals surface area contributed by atoms with Crippen LogP contribution in [0.25, 0.3) is 0 Å². The minimum Gasteiger partial charge on any atom is -0.468 e. The number of hydrogen-bond acceptors (Lipinski definition) is 4. The van der Waals surface area contributed by atoms with Crippen molar-refractivity contribution in [3.8, 4) is 0 Å². The molecule has 0 saturated carbocycles. The summed E-state index contributed by atoms with van der Waals surface area (Å²) in [6.07, 6.45) is 3.42. The Morgan fingerprint density at radius 1 is 1.47 bits per heavy atom. The van der Waals surface area contributed by atoms with Crippen LogP contribution in [0.5, 0.6) is 0 Å². The molecule has 4 heteroatoms. The van der Waals surface area contributed by atoms with E-state index < -0.39 is 0 Å². The second kappa shape index (κ2) is 5.34. The molecule has 82 valence electrons. The molecule has 0 aliphatic heterocycles. The number of aromatic nitrogens is 1. The lowest BCUT2D eigenvalue weighted by Crippen LogP contribution is -2.36. The number of carbonyl (C=O) groups is 1. The van der Waals surface area contributed by atoms with Gasteiger partial charge in [0, 0.05) is 24.1 Å². The zero-order valence-electron chi connectivity index (χ0n) is 9.30. The molecule has 0 N–H and O–H groups in total. The van der Waals surface area contributed by atoms with E-state index in [1.165, 1.54) is 7.11 Å². The van der Waals surface area contributed by atoms with Gasteiger partial charge in [0.2, 0.25) is 0 Å². The maximum atomic E-state index is 11.2. The van der Waals surface area contributed by atoms with Gasteiger partial charge in [-0.25, -0.2) is 0 Å². The van der Waals surface area contributed by atoms with Crippen molar-refractivity contribution in [2.45, 2.75) is 19.9 Å². The summed E-state index contributed by atoms with van der Waals surface area (Å²) in [5.41, 5.74) is 0.977. The normalized spacial score (nSPS) is 10.1. The zero-order chi connectivity index (χ0) is 11.3. The molecule has 1 heterocycles. The van der Waals surface area contributed by atoms with Crippen molar-refractivity contribution in [2.75, 3.05) is 18.6 Å².